The summed E-state index contributed by atoms with van der Waals surface area (Å²) in [6.07, 6.45) is 12.3. The molecule has 0 aromatic heterocycles. The van der Waals surface area contributed by atoms with E-state index in [9.17, 15) is 4.79 Å². The van der Waals surface area contributed by atoms with Crippen molar-refractivity contribution in [2.24, 2.45) is 0 Å². The van der Waals surface area contributed by atoms with Crippen molar-refractivity contribution in [1.82, 2.24) is 4.90 Å². The summed E-state index contributed by atoms with van der Waals surface area (Å²) in [4.78, 5) is 13.4. The van der Waals surface area contributed by atoms with Gasteiger partial charge in [-0.25, -0.2) is 0 Å². The number of rotatable bonds is 6. The van der Waals surface area contributed by atoms with Gasteiger partial charge in [0, 0.05) is 6.42 Å². The largest absolute Gasteiger partial charge is 0.508 e. The van der Waals surface area contributed by atoms with Crippen LogP contribution in [0.25, 0.3) is 0 Å². The Balaban J connectivity index is 2.39. The molecule has 1 amide bonds. The second kappa shape index (κ2) is 7.84. The van der Waals surface area contributed by atoms with Crippen molar-refractivity contribution in [1.29, 1.82) is 0 Å². The van der Waals surface area contributed by atoms with Crippen LogP contribution in [0.2, 0.25) is 0 Å². The number of carbonyl (C=O) groups excluding carboxylic acids is 1. The van der Waals surface area contributed by atoms with Gasteiger partial charge in [-0.1, -0.05) is 24.0 Å². The van der Waals surface area contributed by atoms with E-state index >= 15 is 0 Å². The van der Waals surface area contributed by atoms with E-state index in [-0.39, 0.29) is 24.7 Å². The first-order chi connectivity index (χ1) is 9.17. The number of terminal acetylenes is 2. The van der Waals surface area contributed by atoms with Crippen molar-refractivity contribution in [3.05, 3.63) is 29.8 Å². The Morgan fingerprint density at radius 1 is 1.16 bits per heavy atom. The standard InChI is InChI=1S/C16H17NO2/c1-3-12-17(13-4-2)16(19)7-5-6-14-8-10-15(18)11-9-14/h1-2,8-11,18H,5-7,12-13H2. The molecule has 0 aliphatic heterocycles. The average molecular weight is 255 g/mol. The molecule has 0 spiro atoms. The zero-order valence-electron chi connectivity index (χ0n) is 10.8. The van der Waals surface area contributed by atoms with Crippen LogP contribution >= 0.6 is 0 Å². The molecule has 0 heterocycles. The van der Waals surface area contributed by atoms with E-state index in [2.05, 4.69) is 11.8 Å². The van der Waals surface area contributed by atoms with Gasteiger partial charge < -0.3 is 10.0 Å². The molecule has 0 bridgehead atoms. The zero-order chi connectivity index (χ0) is 14.1. The highest BCUT2D eigenvalue weighted by Gasteiger charge is 2.10. The lowest BCUT2D eigenvalue weighted by Crippen LogP contribution is -2.31. The lowest BCUT2D eigenvalue weighted by atomic mass is 10.1. The maximum absolute atomic E-state index is 11.9. The van der Waals surface area contributed by atoms with Gasteiger partial charge in [-0.05, 0) is 30.5 Å². The van der Waals surface area contributed by atoms with Gasteiger partial charge in [-0.3, -0.25) is 4.79 Å². The van der Waals surface area contributed by atoms with E-state index in [1.54, 1.807) is 12.1 Å². The molecule has 1 N–H and O–H groups in total. The Morgan fingerprint density at radius 3 is 2.26 bits per heavy atom. The number of aryl methyl sites for hydroxylation is 1. The van der Waals surface area contributed by atoms with Crippen LogP contribution in [0.15, 0.2) is 24.3 Å². The Bertz CT molecular complexity index is 475. The summed E-state index contributed by atoms with van der Waals surface area (Å²) < 4.78 is 0. The molecule has 1 aromatic rings. The number of amides is 1. The summed E-state index contributed by atoms with van der Waals surface area (Å²) in [6, 6.07) is 6.97. The van der Waals surface area contributed by atoms with Crippen LogP contribution in [0.4, 0.5) is 0 Å². The van der Waals surface area contributed by atoms with E-state index in [1.165, 1.54) is 4.90 Å². The summed E-state index contributed by atoms with van der Waals surface area (Å²) in [5.74, 6) is 5.08. The molecule has 98 valence electrons. The fraction of sp³-hybridized carbons (Fsp3) is 0.312. The van der Waals surface area contributed by atoms with Gasteiger partial charge in [0.25, 0.3) is 0 Å². The quantitative estimate of drug-likeness (QED) is 0.788. The summed E-state index contributed by atoms with van der Waals surface area (Å²) in [6.45, 7) is 0.504. The number of carbonyl (C=O) groups is 1. The fourth-order valence-corrected chi connectivity index (χ4v) is 1.72. The molecular formula is C16H17NO2. The molecule has 1 aromatic carbocycles. The zero-order valence-corrected chi connectivity index (χ0v) is 10.8. The number of phenols is 1. The molecule has 1 rings (SSSR count). The second-order valence-electron chi connectivity index (χ2n) is 4.18. The molecule has 0 saturated heterocycles. The third-order valence-electron chi connectivity index (χ3n) is 2.71. The Hall–Kier alpha value is -2.39. The summed E-state index contributed by atoms with van der Waals surface area (Å²) >= 11 is 0. The Labute approximate surface area is 114 Å². The van der Waals surface area contributed by atoms with Crippen LogP contribution in [-0.2, 0) is 11.2 Å². The monoisotopic (exact) mass is 255 g/mol. The molecule has 0 radical (unpaired) electrons. The average Bonchev–Trinajstić information content (AvgIpc) is 2.40. The maximum Gasteiger partial charge on any atom is 0.224 e. The number of nitrogens with zero attached hydrogens (tertiary/aromatic N) is 1. The Morgan fingerprint density at radius 2 is 1.74 bits per heavy atom. The summed E-state index contributed by atoms with van der Waals surface area (Å²) in [5, 5.41) is 9.16. The van der Waals surface area contributed by atoms with E-state index < -0.39 is 0 Å². The van der Waals surface area contributed by atoms with Crippen LogP contribution in [0.3, 0.4) is 0 Å². The van der Waals surface area contributed by atoms with Gasteiger partial charge in [-0.2, -0.15) is 0 Å². The normalized spacial score (nSPS) is 9.37. The lowest BCUT2D eigenvalue weighted by molar-refractivity contribution is -0.130. The highest BCUT2D eigenvalue weighted by Crippen LogP contribution is 2.12. The molecule has 0 unspecified atom stereocenters. The van der Waals surface area contributed by atoms with Crippen molar-refractivity contribution in [2.75, 3.05) is 13.1 Å². The van der Waals surface area contributed by atoms with E-state index in [0.717, 1.165) is 18.4 Å². The van der Waals surface area contributed by atoms with Gasteiger partial charge in [0.2, 0.25) is 5.91 Å². The first kappa shape index (κ1) is 14.7. The number of phenolic OH excluding ortho intramolecular Hbond substituents is 1. The predicted molar refractivity (Wildman–Crippen MR) is 75.3 cm³/mol. The van der Waals surface area contributed by atoms with Crippen molar-refractivity contribution in [3.63, 3.8) is 0 Å². The molecule has 0 atom stereocenters. The van der Waals surface area contributed by atoms with Gasteiger partial charge in [0.05, 0.1) is 13.1 Å². The number of hydrogen-bond acceptors (Lipinski definition) is 2. The van der Waals surface area contributed by atoms with Crippen molar-refractivity contribution < 1.29 is 9.90 Å². The fourth-order valence-electron chi connectivity index (χ4n) is 1.72. The van der Waals surface area contributed by atoms with Crippen LogP contribution in [0.1, 0.15) is 18.4 Å². The third-order valence-corrected chi connectivity index (χ3v) is 2.71. The van der Waals surface area contributed by atoms with Crippen LogP contribution < -0.4 is 0 Å². The van der Waals surface area contributed by atoms with Gasteiger partial charge in [-0.15, -0.1) is 12.8 Å². The Kier molecular flexibility index (Phi) is 6.06. The molecule has 0 aliphatic carbocycles. The van der Waals surface area contributed by atoms with E-state index in [4.69, 9.17) is 18.0 Å². The van der Waals surface area contributed by atoms with Crippen LogP contribution in [-0.4, -0.2) is 29.0 Å². The van der Waals surface area contributed by atoms with Crippen molar-refractivity contribution in [2.45, 2.75) is 19.3 Å². The molecule has 3 nitrogen and oxygen atoms in total. The number of benzene rings is 1. The molecule has 19 heavy (non-hydrogen) atoms. The second-order valence-corrected chi connectivity index (χ2v) is 4.18. The number of aromatic hydroxyl groups is 1. The minimum atomic E-state index is -0.0188. The van der Waals surface area contributed by atoms with Crippen molar-refractivity contribution in [3.8, 4) is 30.4 Å². The molecule has 3 heteroatoms. The van der Waals surface area contributed by atoms with Gasteiger partial charge in [0.15, 0.2) is 0 Å². The van der Waals surface area contributed by atoms with Crippen LogP contribution in [0, 0.1) is 24.7 Å². The highest BCUT2D eigenvalue weighted by molar-refractivity contribution is 5.76. The lowest BCUT2D eigenvalue weighted by Gasteiger charge is -2.17. The van der Waals surface area contributed by atoms with Crippen LogP contribution in [0.5, 0.6) is 5.75 Å². The predicted octanol–water partition coefficient (Wildman–Crippen LogP) is 1.81. The summed E-state index contributed by atoms with van der Waals surface area (Å²) in [5.41, 5.74) is 1.09. The SMILES string of the molecule is C#CCN(CC#C)C(=O)CCCc1ccc(O)cc1. The van der Waals surface area contributed by atoms with E-state index in [0.29, 0.717) is 6.42 Å². The van der Waals surface area contributed by atoms with Gasteiger partial charge in [0.1, 0.15) is 5.75 Å². The van der Waals surface area contributed by atoms with Crippen molar-refractivity contribution >= 4 is 5.91 Å². The topological polar surface area (TPSA) is 40.5 Å². The minimum absolute atomic E-state index is 0.0188. The smallest absolute Gasteiger partial charge is 0.224 e. The van der Waals surface area contributed by atoms with E-state index in [1.807, 2.05) is 12.1 Å². The summed E-state index contributed by atoms with van der Waals surface area (Å²) in [7, 11) is 0. The first-order valence-corrected chi connectivity index (χ1v) is 6.10. The molecule has 0 saturated carbocycles. The number of hydrogen-bond donors (Lipinski definition) is 1. The highest BCUT2D eigenvalue weighted by atomic mass is 16.3. The maximum atomic E-state index is 11.9. The third kappa shape index (κ3) is 5.19. The minimum Gasteiger partial charge on any atom is -0.508 e. The molecule has 0 aliphatic rings. The first-order valence-electron chi connectivity index (χ1n) is 6.10. The molecular weight excluding hydrogens is 238 g/mol. The van der Waals surface area contributed by atoms with Gasteiger partial charge >= 0.3 is 0 Å². The molecule has 0 fully saturated rings.